The molecule has 0 bridgehead atoms. The van der Waals surface area contributed by atoms with Gasteiger partial charge in [-0.3, -0.25) is 4.79 Å². The van der Waals surface area contributed by atoms with Crippen molar-refractivity contribution in [1.29, 1.82) is 0 Å². The van der Waals surface area contributed by atoms with E-state index in [0.29, 0.717) is 0 Å². The van der Waals surface area contributed by atoms with Crippen LogP contribution in [0.15, 0.2) is 0 Å². The molecule has 0 aliphatic heterocycles. The van der Waals surface area contributed by atoms with E-state index >= 15 is 0 Å². The summed E-state index contributed by atoms with van der Waals surface area (Å²) in [7, 11) is 1.46. The lowest BCUT2D eigenvalue weighted by molar-refractivity contribution is -0.143. The fraction of sp³-hybridized carbons (Fsp3) is 0.917. The van der Waals surface area contributed by atoms with Gasteiger partial charge in [0.05, 0.1) is 13.0 Å². The first-order valence-electron chi connectivity index (χ1n) is 5.83. The third-order valence-corrected chi connectivity index (χ3v) is 4.67. The molecule has 3 unspecified atom stereocenters. The topological polar surface area (TPSA) is 26.3 Å². The number of ether oxygens (including phenoxy) is 1. The summed E-state index contributed by atoms with van der Waals surface area (Å²) >= 11 is 1.95. The molecule has 1 saturated carbocycles. The molecule has 15 heavy (non-hydrogen) atoms. The first kappa shape index (κ1) is 12.9. The van der Waals surface area contributed by atoms with Crippen molar-refractivity contribution >= 4 is 17.7 Å². The first-order valence-corrected chi connectivity index (χ1v) is 6.87. The van der Waals surface area contributed by atoms with Gasteiger partial charge in [0.15, 0.2) is 0 Å². The Morgan fingerprint density at radius 2 is 2.27 bits per heavy atom. The summed E-state index contributed by atoms with van der Waals surface area (Å²) in [4.78, 5) is 11.2. The Morgan fingerprint density at radius 1 is 1.53 bits per heavy atom. The van der Waals surface area contributed by atoms with Crippen molar-refractivity contribution in [1.82, 2.24) is 0 Å². The molecule has 1 rings (SSSR count). The SMILES string of the molecule is COC(=O)C(C)CSC1CCCC(C)C1. The van der Waals surface area contributed by atoms with Crippen molar-refractivity contribution in [3.63, 3.8) is 0 Å². The van der Waals surface area contributed by atoms with E-state index in [1.54, 1.807) is 0 Å². The molecule has 0 radical (unpaired) electrons. The van der Waals surface area contributed by atoms with Crippen molar-refractivity contribution in [2.45, 2.75) is 44.8 Å². The Labute approximate surface area is 97.1 Å². The van der Waals surface area contributed by atoms with Crippen LogP contribution in [0.2, 0.25) is 0 Å². The van der Waals surface area contributed by atoms with Gasteiger partial charge in [-0.2, -0.15) is 11.8 Å². The minimum Gasteiger partial charge on any atom is -0.469 e. The van der Waals surface area contributed by atoms with E-state index in [0.717, 1.165) is 16.9 Å². The molecule has 1 fully saturated rings. The summed E-state index contributed by atoms with van der Waals surface area (Å²) in [5.41, 5.74) is 0. The number of esters is 1. The van der Waals surface area contributed by atoms with Crippen LogP contribution in [0.3, 0.4) is 0 Å². The van der Waals surface area contributed by atoms with Gasteiger partial charge in [0, 0.05) is 11.0 Å². The van der Waals surface area contributed by atoms with Crippen LogP contribution in [0.1, 0.15) is 39.5 Å². The first-order chi connectivity index (χ1) is 7.13. The van der Waals surface area contributed by atoms with E-state index in [9.17, 15) is 4.79 Å². The van der Waals surface area contributed by atoms with Crippen molar-refractivity contribution < 1.29 is 9.53 Å². The van der Waals surface area contributed by atoms with Gasteiger partial charge >= 0.3 is 5.97 Å². The summed E-state index contributed by atoms with van der Waals surface area (Å²) in [6, 6.07) is 0. The number of hydrogen-bond acceptors (Lipinski definition) is 3. The molecule has 0 amide bonds. The van der Waals surface area contributed by atoms with Gasteiger partial charge in [0.25, 0.3) is 0 Å². The Hall–Kier alpha value is -0.180. The molecular weight excluding hydrogens is 208 g/mol. The van der Waals surface area contributed by atoms with Crippen molar-refractivity contribution in [3.05, 3.63) is 0 Å². The van der Waals surface area contributed by atoms with E-state index in [1.165, 1.54) is 32.8 Å². The number of hydrogen-bond donors (Lipinski definition) is 0. The summed E-state index contributed by atoms with van der Waals surface area (Å²) in [6.07, 6.45) is 5.37. The molecule has 3 atom stereocenters. The molecule has 0 saturated heterocycles. The smallest absolute Gasteiger partial charge is 0.309 e. The van der Waals surface area contributed by atoms with Gasteiger partial charge < -0.3 is 4.74 Å². The number of methoxy groups -OCH3 is 1. The highest BCUT2D eigenvalue weighted by molar-refractivity contribution is 7.99. The van der Waals surface area contributed by atoms with E-state index < -0.39 is 0 Å². The Bertz CT molecular complexity index is 206. The van der Waals surface area contributed by atoms with E-state index in [1.807, 2.05) is 18.7 Å². The van der Waals surface area contributed by atoms with Crippen molar-refractivity contribution in [3.8, 4) is 0 Å². The Balaban J connectivity index is 2.21. The zero-order valence-electron chi connectivity index (χ0n) is 9.99. The normalized spacial score (nSPS) is 28.5. The Kier molecular flexibility index (Phi) is 5.51. The van der Waals surface area contributed by atoms with Crippen LogP contribution < -0.4 is 0 Å². The second-order valence-electron chi connectivity index (χ2n) is 4.65. The third kappa shape index (κ3) is 4.45. The zero-order valence-corrected chi connectivity index (χ0v) is 10.8. The van der Waals surface area contributed by atoms with Crippen molar-refractivity contribution in [2.75, 3.05) is 12.9 Å². The second-order valence-corrected chi connectivity index (χ2v) is 5.98. The molecule has 0 aromatic rings. The largest absolute Gasteiger partial charge is 0.469 e. The van der Waals surface area contributed by atoms with E-state index in [-0.39, 0.29) is 11.9 Å². The van der Waals surface area contributed by atoms with Crippen LogP contribution in [0.4, 0.5) is 0 Å². The lowest BCUT2D eigenvalue weighted by atomic mass is 9.91. The molecule has 0 aromatic heterocycles. The summed E-state index contributed by atoms with van der Waals surface area (Å²) in [6.45, 7) is 4.28. The monoisotopic (exact) mass is 230 g/mol. The maximum atomic E-state index is 11.2. The maximum Gasteiger partial charge on any atom is 0.309 e. The predicted octanol–water partition coefficient (Wildman–Crippen LogP) is 3.11. The average molecular weight is 230 g/mol. The number of rotatable bonds is 4. The molecule has 0 spiro atoms. The van der Waals surface area contributed by atoms with Gasteiger partial charge in [-0.15, -0.1) is 0 Å². The minimum atomic E-state index is -0.0774. The molecule has 0 heterocycles. The molecular formula is C12H22O2S. The summed E-state index contributed by atoms with van der Waals surface area (Å²) < 4.78 is 4.72. The molecule has 88 valence electrons. The second kappa shape index (κ2) is 6.41. The van der Waals surface area contributed by atoms with Crippen LogP contribution in [0.5, 0.6) is 0 Å². The Morgan fingerprint density at radius 3 is 2.87 bits per heavy atom. The summed E-state index contributed by atoms with van der Waals surface area (Å²) in [5.74, 6) is 1.73. The number of carbonyl (C=O) groups excluding carboxylic acids is 1. The van der Waals surface area contributed by atoms with Crippen LogP contribution >= 0.6 is 11.8 Å². The highest BCUT2D eigenvalue weighted by Gasteiger charge is 2.21. The molecule has 1 aliphatic carbocycles. The molecule has 3 heteroatoms. The fourth-order valence-corrected chi connectivity index (χ4v) is 3.57. The standard InChI is InChI=1S/C12H22O2S/c1-9-5-4-6-11(7-9)15-8-10(2)12(13)14-3/h9-11H,4-8H2,1-3H3. The lowest BCUT2D eigenvalue weighted by Gasteiger charge is -2.26. The minimum absolute atomic E-state index is 0.0391. The highest BCUT2D eigenvalue weighted by Crippen LogP contribution is 2.32. The molecule has 0 aromatic carbocycles. The van der Waals surface area contributed by atoms with Crippen LogP contribution in [-0.2, 0) is 9.53 Å². The number of carbonyl (C=O) groups is 1. The van der Waals surface area contributed by atoms with Gasteiger partial charge in [-0.1, -0.05) is 26.7 Å². The van der Waals surface area contributed by atoms with Gasteiger partial charge in [-0.05, 0) is 18.8 Å². The van der Waals surface area contributed by atoms with Gasteiger partial charge in [-0.25, -0.2) is 0 Å². The van der Waals surface area contributed by atoms with Gasteiger partial charge in [0.1, 0.15) is 0 Å². The fourth-order valence-electron chi connectivity index (χ4n) is 2.08. The summed E-state index contributed by atoms with van der Waals surface area (Å²) in [5, 5.41) is 0.765. The molecule has 1 aliphatic rings. The highest BCUT2D eigenvalue weighted by atomic mass is 32.2. The third-order valence-electron chi connectivity index (χ3n) is 3.07. The van der Waals surface area contributed by atoms with Crippen LogP contribution in [0.25, 0.3) is 0 Å². The number of thioether (sulfide) groups is 1. The molecule has 2 nitrogen and oxygen atoms in total. The predicted molar refractivity (Wildman–Crippen MR) is 65.1 cm³/mol. The van der Waals surface area contributed by atoms with Crippen LogP contribution in [0, 0.1) is 11.8 Å². The van der Waals surface area contributed by atoms with E-state index in [2.05, 4.69) is 6.92 Å². The van der Waals surface area contributed by atoms with E-state index in [4.69, 9.17) is 4.74 Å². The maximum absolute atomic E-state index is 11.2. The quantitative estimate of drug-likeness (QED) is 0.694. The van der Waals surface area contributed by atoms with Crippen LogP contribution in [-0.4, -0.2) is 24.1 Å². The average Bonchev–Trinajstić information content (AvgIpc) is 2.25. The molecule has 0 N–H and O–H groups in total. The zero-order chi connectivity index (χ0) is 11.3. The lowest BCUT2D eigenvalue weighted by Crippen LogP contribution is -2.20. The van der Waals surface area contributed by atoms with Crippen molar-refractivity contribution in [2.24, 2.45) is 11.8 Å². The van der Waals surface area contributed by atoms with Gasteiger partial charge in [0.2, 0.25) is 0 Å².